The molecule has 0 unspecified atom stereocenters. The summed E-state index contributed by atoms with van der Waals surface area (Å²) in [4.78, 5) is 11.8. The van der Waals surface area contributed by atoms with Crippen LogP contribution in [0.4, 0.5) is 6.01 Å². The second-order valence-electron chi connectivity index (χ2n) is 4.04. The predicted molar refractivity (Wildman–Crippen MR) is 72.9 cm³/mol. The number of para-hydroxylation sites is 1. The number of rotatable bonds is 4. The van der Waals surface area contributed by atoms with Gasteiger partial charge < -0.3 is 13.6 Å². The van der Waals surface area contributed by atoms with E-state index in [-0.39, 0.29) is 17.7 Å². The second-order valence-corrected chi connectivity index (χ2v) is 4.04. The van der Waals surface area contributed by atoms with Crippen molar-refractivity contribution in [2.45, 2.75) is 0 Å². The molecule has 0 spiro atoms. The van der Waals surface area contributed by atoms with Crippen LogP contribution in [0.1, 0.15) is 10.6 Å². The van der Waals surface area contributed by atoms with Gasteiger partial charge >= 0.3 is 6.01 Å². The number of methoxy groups -OCH3 is 1. The number of anilines is 1. The van der Waals surface area contributed by atoms with Gasteiger partial charge in [-0.1, -0.05) is 17.2 Å². The van der Waals surface area contributed by atoms with Crippen LogP contribution in [0.5, 0.6) is 5.75 Å². The molecular weight excluding hydrogens is 274 g/mol. The molecule has 0 atom stereocenters. The molecule has 0 saturated heterocycles. The van der Waals surface area contributed by atoms with Crippen molar-refractivity contribution in [1.82, 2.24) is 10.2 Å². The van der Waals surface area contributed by atoms with Crippen molar-refractivity contribution in [1.29, 1.82) is 0 Å². The summed E-state index contributed by atoms with van der Waals surface area (Å²) in [5.74, 6) is 0.550. The van der Waals surface area contributed by atoms with Crippen LogP contribution in [0.15, 0.2) is 51.5 Å². The molecule has 0 saturated carbocycles. The number of hydrogen-bond donors (Lipinski definition) is 1. The van der Waals surface area contributed by atoms with Gasteiger partial charge in [-0.2, -0.15) is 0 Å². The molecule has 0 fully saturated rings. The maximum absolute atomic E-state index is 11.8. The monoisotopic (exact) mass is 285 g/mol. The van der Waals surface area contributed by atoms with E-state index in [9.17, 15) is 4.79 Å². The zero-order valence-electron chi connectivity index (χ0n) is 11.1. The van der Waals surface area contributed by atoms with Crippen molar-refractivity contribution in [2.24, 2.45) is 0 Å². The Morgan fingerprint density at radius 2 is 2.05 bits per heavy atom. The van der Waals surface area contributed by atoms with Gasteiger partial charge in [-0.25, -0.2) is 0 Å². The largest absolute Gasteiger partial charge is 0.496 e. The molecular formula is C14H11N3O4. The van der Waals surface area contributed by atoms with Crippen LogP contribution in [-0.2, 0) is 0 Å². The summed E-state index contributed by atoms with van der Waals surface area (Å²) < 4.78 is 15.6. The lowest BCUT2D eigenvalue weighted by Gasteiger charge is -2.03. The molecule has 3 aromatic rings. The first kappa shape index (κ1) is 12.9. The van der Waals surface area contributed by atoms with Crippen molar-refractivity contribution in [3.63, 3.8) is 0 Å². The van der Waals surface area contributed by atoms with Gasteiger partial charge in [0.25, 0.3) is 11.8 Å². The van der Waals surface area contributed by atoms with Crippen LogP contribution in [0.3, 0.4) is 0 Å². The van der Waals surface area contributed by atoms with Gasteiger partial charge in [-0.05, 0) is 24.3 Å². The molecule has 7 nitrogen and oxygen atoms in total. The van der Waals surface area contributed by atoms with Crippen molar-refractivity contribution < 1.29 is 18.4 Å². The van der Waals surface area contributed by atoms with Gasteiger partial charge in [-0.3, -0.25) is 10.1 Å². The number of furan rings is 1. The van der Waals surface area contributed by atoms with E-state index in [1.807, 2.05) is 12.1 Å². The van der Waals surface area contributed by atoms with Gasteiger partial charge in [0.05, 0.1) is 18.9 Å². The molecule has 0 aliphatic carbocycles. The standard InChI is InChI=1S/C14H11N3O4/c1-19-10-6-3-2-5-9(10)13-16-17-14(21-13)15-12(18)11-7-4-8-20-11/h2-8H,1H3,(H,15,17,18). The molecule has 0 bridgehead atoms. The van der Waals surface area contributed by atoms with Crippen LogP contribution in [0.2, 0.25) is 0 Å². The molecule has 0 aliphatic rings. The normalized spacial score (nSPS) is 10.3. The number of benzene rings is 1. The molecule has 1 N–H and O–H groups in total. The number of hydrogen-bond acceptors (Lipinski definition) is 6. The van der Waals surface area contributed by atoms with Crippen LogP contribution in [0.25, 0.3) is 11.5 Å². The Hall–Kier alpha value is -3.09. The first-order valence-electron chi connectivity index (χ1n) is 6.09. The summed E-state index contributed by atoms with van der Waals surface area (Å²) >= 11 is 0. The SMILES string of the molecule is COc1ccccc1-c1nnc(NC(=O)c2ccco2)o1. The highest BCUT2D eigenvalue weighted by molar-refractivity contribution is 6.00. The molecule has 3 rings (SSSR count). The van der Waals surface area contributed by atoms with E-state index in [4.69, 9.17) is 13.6 Å². The molecule has 2 heterocycles. The lowest BCUT2D eigenvalue weighted by atomic mass is 10.2. The fraction of sp³-hybridized carbons (Fsp3) is 0.0714. The fourth-order valence-electron chi connectivity index (χ4n) is 1.77. The molecule has 1 amide bonds. The number of ether oxygens (including phenoxy) is 1. The highest BCUT2D eigenvalue weighted by Crippen LogP contribution is 2.29. The van der Waals surface area contributed by atoms with E-state index >= 15 is 0 Å². The van der Waals surface area contributed by atoms with Crippen LogP contribution >= 0.6 is 0 Å². The summed E-state index contributed by atoms with van der Waals surface area (Å²) in [5.41, 5.74) is 0.644. The number of amides is 1. The summed E-state index contributed by atoms with van der Waals surface area (Å²) in [6, 6.07) is 10.3. The minimum atomic E-state index is -0.463. The van der Waals surface area contributed by atoms with Crippen molar-refractivity contribution in [2.75, 3.05) is 12.4 Å². The Morgan fingerprint density at radius 3 is 2.81 bits per heavy atom. The summed E-state index contributed by atoms with van der Waals surface area (Å²) in [6.45, 7) is 0. The minimum Gasteiger partial charge on any atom is -0.496 e. The van der Waals surface area contributed by atoms with E-state index in [1.165, 1.54) is 12.3 Å². The van der Waals surface area contributed by atoms with Crippen molar-refractivity contribution in [3.05, 3.63) is 48.4 Å². The third kappa shape index (κ3) is 2.62. The van der Waals surface area contributed by atoms with Gasteiger partial charge in [-0.15, -0.1) is 5.10 Å². The van der Waals surface area contributed by atoms with E-state index in [0.29, 0.717) is 11.3 Å². The predicted octanol–water partition coefficient (Wildman–Crippen LogP) is 2.59. The maximum Gasteiger partial charge on any atom is 0.322 e. The summed E-state index contributed by atoms with van der Waals surface area (Å²) in [5, 5.41) is 10.1. The maximum atomic E-state index is 11.8. The Labute approximate surface area is 119 Å². The van der Waals surface area contributed by atoms with E-state index < -0.39 is 5.91 Å². The Balaban J connectivity index is 1.82. The van der Waals surface area contributed by atoms with Crippen LogP contribution in [-0.4, -0.2) is 23.2 Å². The topological polar surface area (TPSA) is 90.4 Å². The zero-order chi connectivity index (χ0) is 14.7. The van der Waals surface area contributed by atoms with E-state index in [2.05, 4.69) is 15.5 Å². The van der Waals surface area contributed by atoms with Gasteiger partial charge in [0.1, 0.15) is 5.75 Å². The smallest absolute Gasteiger partial charge is 0.322 e. The Kier molecular flexibility index (Phi) is 3.38. The summed E-state index contributed by atoms with van der Waals surface area (Å²) in [7, 11) is 1.55. The number of carbonyl (C=O) groups excluding carboxylic acids is 1. The first-order chi connectivity index (χ1) is 10.3. The van der Waals surface area contributed by atoms with Crippen molar-refractivity contribution >= 4 is 11.9 Å². The quantitative estimate of drug-likeness (QED) is 0.792. The highest BCUT2D eigenvalue weighted by Gasteiger charge is 2.16. The number of nitrogens with zero attached hydrogens (tertiary/aromatic N) is 2. The average molecular weight is 285 g/mol. The lowest BCUT2D eigenvalue weighted by molar-refractivity contribution is 0.0994. The molecule has 2 aromatic heterocycles. The van der Waals surface area contributed by atoms with Gasteiger partial charge in [0, 0.05) is 0 Å². The molecule has 7 heteroatoms. The van der Waals surface area contributed by atoms with E-state index in [0.717, 1.165) is 0 Å². The fourth-order valence-corrected chi connectivity index (χ4v) is 1.77. The molecule has 1 aromatic carbocycles. The number of carbonyl (C=O) groups is 1. The highest BCUT2D eigenvalue weighted by atomic mass is 16.5. The number of aromatic nitrogens is 2. The van der Waals surface area contributed by atoms with Crippen LogP contribution in [0, 0.1) is 0 Å². The number of nitrogens with one attached hydrogen (secondary N) is 1. The summed E-state index contributed by atoms with van der Waals surface area (Å²) in [6.07, 6.45) is 1.41. The first-order valence-corrected chi connectivity index (χ1v) is 6.09. The average Bonchev–Trinajstić information content (AvgIpc) is 3.18. The molecule has 21 heavy (non-hydrogen) atoms. The van der Waals surface area contributed by atoms with Gasteiger partial charge in [0.2, 0.25) is 0 Å². The lowest BCUT2D eigenvalue weighted by Crippen LogP contribution is -2.10. The van der Waals surface area contributed by atoms with Gasteiger partial charge in [0.15, 0.2) is 5.76 Å². The Morgan fingerprint density at radius 1 is 1.19 bits per heavy atom. The van der Waals surface area contributed by atoms with Crippen LogP contribution < -0.4 is 10.1 Å². The second kappa shape index (κ2) is 5.49. The Bertz CT molecular complexity index is 749. The van der Waals surface area contributed by atoms with Crippen molar-refractivity contribution in [3.8, 4) is 17.2 Å². The molecule has 106 valence electrons. The zero-order valence-corrected chi connectivity index (χ0v) is 11.1. The van der Waals surface area contributed by atoms with E-state index in [1.54, 1.807) is 25.3 Å². The molecule has 0 aliphatic heterocycles. The minimum absolute atomic E-state index is 0.0164. The third-order valence-corrected chi connectivity index (χ3v) is 2.73. The molecule has 0 radical (unpaired) electrons. The third-order valence-electron chi connectivity index (χ3n) is 2.73.